The lowest BCUT2D eigenvalue weighted by Gasteiger charge is -2.11. The van der Waals surface area contributed by atoms with E-state index in [0.29, 0.717) is 0 Å². The van der Waals surface area contributed by atoms with E-state index < -0.39 is 18.1 Å². The number of carbonyl (C=O) groups is 2. The van der Waals surface area contributed by atoms with Gasteiger partial charge in [-0.2, -0.15) is 0 Å². The number of nitrogens with one attached hydrogen (secondary N) is 1. The highest BCUT2D eigenvalue weighted by Crippen LogP contribution is 2.07. The number of benzene rings is 2. The molecule has 2 aromatic carbocycles. The zero-order chi connectivity index (χ0) is 17.4. The molecule has 0 aromatic heterocycles. The number of amides is 1. The number of hydrogen-bond donors (Lipinski definition) is 2. The van der Waals surface area contributed by atoms with E-state index in [-0.39, 0.29) is 6.61 Å². The average Bonchev–Trinajstić information content (AvgIpc) is 2.57. The Bertz CT molecular complexity index is 725. The van der Waals surface area contributed by atoms with Crippen molar-refractivity contribution >= 4 is 18.1 Å². The van der Waals surface area contributed by atoms with E-state index in [0.717, 1.165) is 16.7 Å². The van der Waals surface area contributed by atoms with Crippen molar-refractivity contribution in [1.29, 1.82) is 0 Å². The van der Waals surface area contributed by atoms with Gasteiger partial charge in [0.1, 0.15) is 12.6 Å². The molecule has 0 bridgehead atoms. The van der Waals surface area contributed by atoms with Gasteiger partial charge in [-0.3, -0.25) is 0 Å². The molecule has 5 nitrogen and oxygen atoms in total. The van der Waals surface area contributed by atoms with Crippen LogP contribution in [-0.4, -0.2) is 23.2 Å². The summed E-state index contributed by atoms with van der Waals surface area (Å²) in [6.45, 7) is 2.03. The van der Waals surface area contributed by atoms with Crippen molar-refractivity contribution in [3.05, 3.63) is 77.4 Å². The van der Waals surface area contributed by atoms with Crippen LogP contribution in [0.1, 0.15) is 16.7 Å². The Hall–Kier alpha value is -3.08. The van der Waals surface area contributed by atoms with Gasteiger partial charge in [-0.15, -0.1) is 0 Å². The monoisotopic (exact) mass is 325 g/mol. The summed E-state index contributed by atoms with van der Waals surface area (Å²) >= 11 is 0. The van der Waals surface area contributed by atoms with Gasteiger partial charge in [0.25, 0.3) is 0 Å². The van der Waals surface area contributed by atoms with Gasteiger partial charge in [0.15, 0.2) is 0 Å². The van der Waals surface area contributed by atoms with Crippen LogP contribution in [0.3, 0.4) is 0 Å². The average molecular weight is 325 g/mol. The van der Waals surface area contributed by atoms with E-state index in [1.54, 1.807) is 6.08 Å². The van der Waals surface area contributed by atoms with Crippen LogP contribution in [0.25, 0.3) is 6.08 Å². The lowest BCUT2D eigenvalue weighted by Crippen LogP contribution is -2.39. The predicted octanol–water partition coefficient (Wildman–Crippen LogP) is 3.39. The second-order valence-corrected chi connectivity index (χ2v) is 5.30. The van der Waals surface area contributed by atoms with E-state index in [2.05, 4.69) is 5.32 Å². The quantitative estimate of drug-likeness (QED) is 0.853. The van der Waals surface area contributed by atoms with Gasteiger partial charge < -0.3 is 15.2 Å². The second-order valence-electron chi connectivity index (χ2n) is 5.30. The molecule has 2 N–H and O–H groups in total. The van der Waals surface area contributed by atoms with Crippen molar-refractivity contribution in [2.75, 3.05) is 0 Å². The zero-order valence-corrected chi connectivity index (χ0v) is 13.3. The highest BCUT2D eigenvalue weighted by Gasteiger charge is 2.17. The van der Waals surface area contributed by atoms with Crippen LogP contribution >= 0.6 is 0 Å². The Kier molecular flexibility index (Phi) is 6.14. The van der Waals surface area contributed by atoms with Crippen molar-refractivity contribution < 1.29 is 19.4 Å². The van der Waals surface area contributed by atoms with Crippen LogP contribution < -0.4 is 5.32 Å². The molecule has 2 rings (SSSR count). The lowest BCUT2D eigenvalue weighted by atomic mass is 10.1. The minimum atomic E-state index is -1.16. The molecule has 0 heterocycles. The number of carboxylic acids is 1. The Balaban J connectivity index is 1.93. The van der Waals surface area contributed by atoms with Crippen LogP contribution in [0.15, 0.2) is 60.7 Å². The predicted molar refractivity (Wildman–Crippen MR) is 91.4 cm³/mol. The molecule has 0 saturated heterocycles. The molecule has 0 aliphatic carbocycles. The van der Waals surface area contributed by atoms with Crippen LogP contribution in [-0.2, 0) is 16.1 Å². The fourth-order valence-electron chi connectivity index (χ4n) is 2.07. The molecule has 24 heavy (non-hydrogen) atoms. The van der Waals surface area contributed by atoms with E-state index >= 15 is 0 Å². The minimum Gasteiger partial charge on any atom is -0.479 e. The van der Waals surface area contributed by atoms with E-state index in [9.17, 15) is 14.7 Å². The first-order valence-electron chi connectivity index (χ1n) is 7.49. The van der Waals surface area contributed by atoms with Crippen molar-refractivity contribution in [2.45, 2.75) is 19.6 Å². The Morgan fingerprint density at radius 2 is 1.92 bits per heavy atom. The summed E-state index contributed by atoms with van der Waals surface area (Å²) in [5.74, 6) is -1.16. The molecule has 2 aromatic rings. The normalized spacial score (nSPS) is 11.9. The topological polar surface area (TPSA) is 75.6 Å². The van der Waals surface area contributed by atoms with Gasteiger partial charge in [0, 0.05) is 0 Å². The number of rotatable bonds is 6. The molecule has 1 amide bonds. The maximum Gasteiger partial charge on any atom is 0.408 e. The van der Waals surface area contributed by atoms with Crippen molar-refractivity contribution in [3.8, 4) is 0 Å². The molecule has 0 spiro atoms. The summed E-state index contributed by atoms with van der Waals surface area (Å²) in [7, 11) is 0. The maximum absolute atomic E-state index is 11.8. The first kappa shape index (κ1) is 17.3. The van der Waals surface area contributed by atoms with Crippen LogP contribution in [0.2, 0.25) is 0 Å². The number of carbonyl (C=O) groups excluding carboxylic acids is 1. The van der Waals surface area contributed by atoms with Gasteiger partial charge in [0.2, 0.25) is 0 Å². The first-order valence-corrected chi connectivity index (χ1v) is 7.49. The maximum atomic E-state index is 11.8. The lowest BCUT2D eigenvalue weighted by molar-refractivity contribution is -0.138. The summed E-state index contributed by atoms with van der Waals surface area (Å²) < 4.78 is 5.03. The number of alkyl carbamates (subject to hydrolysis) is 1. The first-order chi connectivity index (χ1) is 11.5. The highest BCUT2D eigenvalue weighted by atomic mass is 16.5. The SMILES string of the molecule is Cc1cccc(/C=C/[C@H](NC(=O)OCc2ccccc2)C(=O)O)c1. The fourth-order valence-corrected chi connectivity index (χ4v) is 2.07. The molecule has 0 saturated carbocycles. The minimum absolute atomic E-state index is 0.0839. The van der Waals surface area contributed by atoms with E-state index in [1.807, 2.05) is 61.5 Å². The second kappa shape index (κ2) is 8.53. The van der Waals surface area contributed by atoms with Crippen molar-refractivity contribution in [3.63, 3.8) is 0 Å². The summed E-state index contributed by atoms with van der Waals surface area (Å²) in [6, 6.07) is 15.6. The Morgan fingerprint density at radius 3 is 2.58 bits per heavy atom. The van der Waals surface area contributed by atoms with Crippen molar-refractivity contribution in [1.82, 2.24) is 5.32 Å². The molecule has 5 heteroatoms. The third kappa shape index (κ3) is 5.61. The molecule has 0 unspecified atom stereocenters. The third-order valence-electron chi connectivity index (χ3n) is 3.28. The third-order valence-corrected chi connectivity index (χ3v) is 3.28. The van der Waals surface area contributed by atoms with Gasteiger partial charge >= 0.3 is 12.1 Å². The van der Waals surface area contributed by atoms with Gasteiger partial charge in [-0.25, -0.2) is 9.59 Å². The van der Waals surface area contributed by atoms with Crippen LogP contribution in [0, 0.1) is 6.92 Å². The summed E-state index contributed by atoms with van der Waals surface area (Å²) in [5, 5.41) is 11.5. The number of aliphatic carboxylic acids is 1. The highest BCUT2D eigenvalue weighted by molar-refractivity contribution is 5.82. The Labute approximate surface area is 140 Å². The number of aryl methyl sites for hydroxylation is 1. The van der Waals surface area contributed by atoms with Gasteiger partial charge in [0.05, 0.1) is 0 Å². The van der Waals surface area contributed by atoms with Gasteiger partial charge in [-0.1, -0.05) is 72.3 Å². The molecular formula is C19H19NO4. The molecule has 0 radical (unpaired) electrons. The molecular weight excluding hydrogens is 306 g/mol. The zero-order valence-electron chi connectivity index (χ0n) is 13.3. The van der Waals surface area contributed by atoms with Crippen molar-refractivity contribution in [2.24, 2.45) is 0 Å². The van der Waals surface area contributed by atoms with Crippen LogP contribution in [0.5, 0.6) is 0 Å². The fraction of sp³-hybridized carbons (Fsp3) is 0.158. The van der Waals surface area contributed by atoms with Gasteiger partial charge in [-0.05, 0) is 18.1 Å². The number of carboxylic acid groups (broad SMARTS) is 1. The van der Waals surface area contributed by atoms with Crippen LogP contribution in [0.4, 0.5) is 4.79 Å². The Morgan fingerprint density at radius 1 is 1.17 bits per heavy atom. The number of hydrogen-bond acceptors (Lipinski definition) is 3. The summed E-state index contributed by atoms with van der Waals surface area (Å²) in [5.41, 5.74) is 2.76. The summed E-state index contributed by atoms with van der Waals surface area (Å²) in [6.07, 6.45) is 2.30. The summed E-state index contributed by atoms with van der Waals surface area (Å²) in [4.78, 5) is 23.0. The molecule has 0 fully saturated rings. The molecule has 0 aliphatic heterocycles. The largest absolute Gasteiger partial charge is 0.479 e. The number of ether oxygens (including phenoxy) is 1. The molecule has 124 valence electrons. The van der Waals surface area contributed by atoms with E-state index in [1.165, 1.54) is 6.08 Å². The van der Waals surface area contributed by atoms with E-state index in [4.69, 9.17) is 4.74 Å². The molecule has 0 aliphatic rings. The standard InChI is InChI=1S/C19H19NO4/c1-14-6-5-9-15(12-14)10-11-17(18(21)22)20-19(23)24-13-16-7-3-2-4-8-16/h2-12,17H,13H2,1H3,(H,20,23)(H,21,22)/b11-10+/t17-/m0/s1. The molecule has 1 atom stereocenters. The smallest absolute Gasteiger partial charge is 0.408 e.